The van der Waals surface area contributed by atoms with Gasteiger partial charge in [-0.2, -0.15) is 0 Å². The van der Waals surface area contributed by atoms with E-state index in [-0.39, 0.29) is 5.91 Å². The Morgan fingerprint density at radius 3 is 2.14 bits per heavy atom. The van der Waals surface area contributed by atoms with Gasteiger partial charge in [-0.05, 0) is 43.2 Å². The Morgan fingerprint density at radius 2 is 1.64 bits per heavy atom. The molecular weight excluding hydrogens is 376 g/mol. The molecule has 6 nitrogen and oxygen atoms in total. The van der Waals surface area contributed by atoms with E-state index in [2.05, 4.69) is 0 Å². The minimum absolute atomic E-state index is 0.0637. The van der Waals surface area contributed by atoms with Crippen LogP contribution in [0.5, 0.6) is 5.75 Å². The molecule has 2 rings (SSSR count). The third-order valence-corrected chi connectivity index (χ3v) is 5.74. The number of rotatable bonds is 9. The van der Waals surface area contributed by atoms with Crippen LogP contribution in [0.1, 0.15) is 25.8 Å². The maximum absolute atomic E-state index is 12.9. The molecule has 1 atom stereocenters. The molecule has 0 radical (unpaired) electrons. The molecule has 0 fully saturated rings. The van der Waals surface area contributed by atoms with Crippen LogP contribution in [-0.2, 0) is 21.4 Å². The van der Waals surface area contributed by atoms with Crippen molar-refractivity contribution in [2.75, 3.05) is 24.2 Å². The van der Waals surface area contributed by atoms with Gasteiger partial charge in [0, 0.05) is 20.1 Å². The number of hydrogen-bond donors (Lipinski definition) is 0. The van der Waals surface area contributed by atoms with Gasteiger partial charge in [0.15, 0.2) is 6.10 Å². The Balaban J connectivity index is 2.08. The number of amides is 1. The first-order chi connectivity index (χ1) is 13.3. The van der Waals surface area contributed by atoms with Crippen molar-refractivity contribution in [1.82, 2.24) is 4.90 Å². The minimum Gasteiger partial charge on any atom is -0.481 e. The van der Waals surface area contributed by atoms with E-state index >= 15 is 0 Å². The molecular formula is C21H28N2O4S. The fraction of sp³-hybridized carbons (Fsp3) is 0.381. The number of carbonyl (C=O) groups excluding carboxylic acids is 1. The summed E-state index contributed by atoms with van der Waals surface area (Å²) in [5, 5.41) is 0. The highest BCUT2D eigenvalue weighted by Gasteiger charge is 2.24. The van der Waals surface area contributed by atoms with Gasteiger partial charge in [-0.15, -0.1) is 0 Å². The molecule has 0 saturated heterocycles. The summed E-state index contributed by atoms with van der Waals surface area (Å²) in [5.74, 6) is 0.466. The fourth-order valence-corrected chi connectivity index (χ4v) is 3.26. The molecule has 1 amide bonds. The molecule has 28 heavy (non-hydrogen) atoms. The van der Waals surface area contributed by atoms with Crippen LogP contribution in [0.2, 0.25) is 0 Å². The number of likely N-dealkylation sites (N-methyl/N-ethyl adjacent to an activating group) is 1. The molecule has 0 heterocycles. The van der Waals surface area contributed by atoms with E-state index in [0.717, 1.165) is 11.8 Å². The second kappa shape index (κ2) is 9.59. The number of benzene rings is 2. The molecule has 0 N–H and O–H groups in total. The summed E-state index contributed by atoms with van der Waals surface area (Å²) in [6.45, 7) is 4.98. The first-order valence-corrected chi connectivity index (χ1v) is 11.1. The molecule has 2 aromatic carbocycles. The van der Waals surface area contributed by atoms with Crippen LogP contribution < -0.4 is 9.04 Å². The summed E-state index contributed by atoms with van der Waals surface area (Å²) in [6, 6.07) is 16.5. The fourth-order valence-electron chi connectivity index (χ4n) is 2.75. The Kier molecular flexibility index (Phi) is 7.45. The first-order valence-electron chi connectivity index (χ1n) is 9.29. The van der Waals surface area contributed by atoms with Gasteiger partial charge in [0.1, 0.15) is 5.75 Å². The smallest absolute Gasteiger partial charge is 0.263 e. The molecule has 0 bridgehead atoms. The number of anilines is 1. The number of hydrogen-bond acceptors (Lipinski definition) is 4. The molecule has 0 aromatic heterocycles. The molecule has 0 aliphatic carbocycles. The summed E-state index contributed by atoms with van der Waals surface area (Å²) in [4.78, 5) is 14.7. The third-order valence-electron chi connectivity index (χ3n) is 4.53. The summed E-state index contributed by atoms with van der Waals surface area (Å²) >= 11 is 0. The van der Waals surface area contributed by atoms with E-state index in [1.165, 1.54) is 11.4 Å². The molecule has 0 spiro atoms. The monoisotopic (exact) mass is 404 g/mol. The summed E-state index contributed by atoms with van der Waals surface area (Å²) in [7, 11) is -1.83. The Bertz CT molecular complexity index is 867. The third kappa shape index (κ3) is 5.73. The summed E-state index contributed by atoms with van der Waals surface area (Å²) < 4.78 is 30.4. The van der Waals surface area contributed by atoms with E-state index < -0.39 is 16.1 Å². The van der Waals surface area contributed by atoms with Crippen LogP contribution in [0.3, 0.4) is 0 Å². The Labute approximate surface area is 167 Å². The maximum atomic E-state index is 12.9. The lowest BCUT2D eigenvalue weighted by Crippen LogP contribution is -2.41. The highest BCUT2D eigenvalue weighted by Crippen LogP contribution is 2.22. The number of nitrogens with zero attached hydrogens (tertiary/aromatic N) is 2. The largest absolute Gasteiger partial charge is 0.481 e. The molecule has 0 aliphatic heterocycles. The lowest BCUT2D eigenvalue weighted by Gasteiger charge is -2.26. The molecule has 2 aromatic rings. The zero-order chi connectivity index (χ0) is 20.7. The average molecular weight is 405 g/mol. The van der Waals surface area contributed by atoms with E-state index in [4.69, 9.17) is 4.74 Å². The molecule has 0 unspecified atom stereocenters. The van der Waals surface area contributed by atoms with Gasteiger partial charge >= 0.3 is 0 Å². The van der Waals surface area contributed by atoms with E-state index in [1.54, 1.807) is 29.2 Å². The zero-order valence-corrected chi connectivity index (χ0v) is 17.6. The maximum Gasteiger partial charge on any atom is 0.263 e. The van der Waals surface area contributed by atoms with Gasteiger partial charge < -0.3 is 9.64 Å². The normalized spacial score (nSPS) is 12.3. The summed E-state index contributed by atoms with van der Waals surface area (Å²) in [5.41, 5.74) is 1.61. The Morgan fingerprint density at radius 1 is 1.04 bits per heavy atom. The van der Waals surface area contributed by atoms with Crippen LogP contribution in [0, 0.1) is 0 Å². The van der Waals surface area contributed by atoms with Crippen molar-refractivity contribution < 1.29 is 17.9 Å². The van der Waals surface area contributed by atoms with Crippen molar-refractivity contribution in [1.29, 1.82) is 0 Å². The molecule has 7 heteroatoms. The highest BCUT2D eigenvalue weighted by atomic mass is 32.2. The topological polar surface area (TPSA) is 66.9 Å². The van der Waals surface area contributed by atoms with E-state index in [9.17, 15) is 13.2 Å². The van der Waals surface area contributed by atoms with Gasteiger partial charge in [0.05, 0.1) is 11.9 Å². The van der Waals surface area contributed by atoms with Gasteiger partial charge in [0.2, 0.25) is 10.0 Å². The van der Waals surface area contributed by atoms with Crippen molar-refractivity contribution >= 4 is 21.6 Å². The van der Waals surface area contributed by atoms with Crippen molar-refractivity contribution in [3.05, 3.63) is 60.2 Å². The predicted octanol–water partition coefficient (Wildman–Crippen LogP) is 3.29. The lowest BCUT2D eigenvalue weighted by atomic mass is 10.2. The van der Waals surface area contributed by atoms with Gasteiger partial charge in [-0.25, -0.2) is 8.42 Å². The van der Waals surface area contributed by atoms with E-state index in [1.807, 2.05) is 44.2 Å². The van der Waals surface area contributed by atoms with Crippen molar-refractivity contribution in [3.8, 4) is 5.75 Å². The van der Waals surface area contributed by atoms with Crippen LogP contribution in [-0.4, -0.2) is 45.2 Å². The standard InChI is InChI=1S/C21H28N2O4S/c1-5-20(21(24)23(6-2)16-17-10-8-7-9-11-17)27-19-14-12-18(13-15-19)22(3)28(4,25)26/h7-15,20H,5-6,16H2,1-4H3/t20-/m0/s1. The van der Waals surface area contributed by atoms with Crippen molar-refractivity contribution in [2.45, 2.75) is 32.9 Å². The average Bonchev–Trinajstić information content (AvgIpc) is 2.69. The number of carbonyl (C=O) groups is 1. The SMILES string of the molecule is CC[C@H](Oc1ccc(N(C)S(C)(=O)=O)cc1)C(=O)N(CC)Cc1ccccc1. The second-order valence-corrected chi connectivity index (χ2v) is 8.59. The minimum atomic E-state index is -3.32. The zero-order valence-electron chi connectivity index (χ0n) is 16.8. The summed E-state index contributed by atoms with van der Waals surface area (Å²) in [6.07, 6.45) is 1.09. The number of ether oxygens (including phenoxy) is 1. The highest BCUT2D eigenvalue weighted by molar-refractivity contribution is 7.92. The van der Waals surface area contributed by atoms with Crippen LogP contribution >= 0.6 is 0 Å². The lowest BCUT2D eigenvalue weighted by molar-refractivity contribution is -0.139. The van der Waals surface area contributed by atoms with Crippen molar-refractivity contribution in [2.24, 2.45) is 0 Å². The van der Waals surface area contributed by atoms with Crippen LogP contribution in [0.25, 0.3) is 0 Å². The van der Waals surface area contributed by atoms with Crippen molar-refractivity contribution in [3.63, 3.8) is 0 Å². The predicted molar refractivity (Wildman–Crippen MR) is 112 cm³/mol. The number of sulfonamides is 1. The van der Waals surface area contributed by atoms with E-state index in [0.29, 0.717) is 30.9 Å². The van der Waals surface area contributed by atoms with Gasteiger partial charge in [0.25, 0.3) is 5.91 Å². The molecule has 0 aliphatic rings. The second-order valence-electron chi connectivity index (χ2n) is 6.58. The van der Waals surface area contributed by atoms with Crippen LogP contribution in [0.15, 0.2) is 54.6 Å². The van der Waals surface area contributed by atoms with Crippen LogP contribution in [0.4, 0.5) is 5.69 Å². The molecule has 152 valence electrons. The quantitative estimate of drug-likeness (QED) is 0.643. The van der Waals surface area contributed by atoms with Gasteiger partial charge in [-0.1, -0.05) is 37.3 Å². The molecule has 0 saturated carbocycles. The Hall–Kier alpha value is -2.54. The first kappa shape index (κ1) is 21.8. The van der Waals surface area contributed by atoms with Gasteiger partial charge in [-0.3, -0.25) is 9.10 Å².